The molecule has 0 saturated heterocycles. The van der Waals surface area contributed by atoms with Gasteiger partial charge in [-0.3, -0.25) is 0 Å². The van der Waals surface area contributed by atoms with Crippen molar-refractivity contribution in [1.29, 1.82) is 0 Å². The first-order valence-electron chi connectivity index (χ1n) is 11.0. The first-order valence-corrected chi connectivity index (χ1v) is 11.0. The van der Waals surface area contributed by atoms with Crippen molar-refractivity contribution in [2.45, 2.75) is 19.1 Å². The normalized spacial score (nSPS) is 13.5. The molecule has 0 atom stereocenters. The van der Waals surface area contributed by atoms with Crippen molar-refractivity contribution in [3.05, 3.63) is 114 Å². The van der Waals surface area contributed by atoms with E-state index < -0.39 is 5.79 Å². The van der Waals surface area contributed by atoms with Gasteiger partial charge in [0.2, 0.25) is 5.79 Å². The van der Waals surface area contributed by atoms with Crippen LogP contribution in [0.4, 0.5) is 17.1 Å². The van der Waals surface area contributed by atoms with Crippen LogP contribution in [-0.2, 0) is 21.7 Å². The molecule has 0 radical (unpaired) electrons. The van der Waals surface area contributed by atoms with Gasteiger partial charge < -0.3 is 14.4 Å². The van der Waals surface area contributed by atoms with E-state index in [9.17, 15) is 0 Å². The highest BCUT2D eigenvalue weighted by molar-refractivity contribution is 5.87. The molecule has 0 spiro atoms. The Balaban J connectivity index is 1.81. The largest absolute Gasteiger partial charge is 0.346 e. The fourth-order valence-corrected chi connectivity index (χ4v) is 5.03. The number of rotatable bonds is 6. The zero-order valence-corrected chi connectivity index (χ0v) is 18.7. The first kappa shape index (κ1) is 20.5. The molecule has 0 fully saturated rings. The van der Waals surface area contributed by atoms with Gasteiger partial charge in [0.25, 0.3) is 0 Å². The van der Waals surface area contributed by atoms with E-state index in [0.717, 1.165) is 34.6 Å². The third-order valence-corrected chi connectivity index (χ3v) is 6.39. The first-order chi connectivity index (χ1) is 15.7. The monoisotopic (exact) mass is 421 g/mol. The van der Waals surface area contributed by atoms with Crippen molar-refractivity contribution in [2.75, 3.05) is 19.1 Å². The molecule has 4 aromatic rings. The Morgan fingerprint density at radius 1 is 0.656 bits per heavy atom. The molecule has 0 saturated carbocycles. The van der Waals surface area contributed by atoms with Gasteiger partial charge in [0.15, 0.2) is 0 Å². The zero-order valence-electron chi connectivity index (χ0n) is 18.7. The van der Waals surface area contributed by atoms with E-state index in [1.54, 1.807) is 14.2 Å². The molecule has 0 amide bonds. The minimum absolute atomic E-state index is 0.844. The summed E-state index contributed by atoms with van der Waals surface area (Å²) in [6, 6.07) is 33.8. The molecule has 3 nitrogen and oxygen atoms in total. The van der Waals surface area contributed by atoms with Crippen LogP contribution >= 0.6 is 0 Å². The number of benzene rings is 4. The lowest BCUT2D eigenvalue weighted by Crippen LogP contribution is -2.31. The number of hydrogen-bond acceptors (Lipinski definition) is 3. The van der Waals surface area contributed by atoms with Crippen molar-refractivity contribution < 1.29 is 9.47 Å². The van der Waals surface area contributed by atoms with Crippen LogP contribution < -0.4 is 4.90 Å². The SMILES string of the molecule is CCc1c(N(c2ccccc2)c2ccccc2)ccc2c1C(OC)(OC)c1ccccc1-2. The molecule has 32 heavy (non-hydrogen) atoms. The average Bonchev–Trinajstić information content (AvgIpc) is 3.16. The Kier molecular flexibility index (Phi) is 5.30. The smallest absolute Gasteiger partial charge is 0.223 e. The summed E-state index contributed by atoms with van der Waals surface area (Å²) in [5, 5.41) is 0. The standard InChI is InChI=1S/C29H27NO2/c1-4-23-27(30(21-13-7-5-8-14-21)22-15-9-6-10-16-22)20-19-25-24-17-11-12-18-26(24)29(31-2,32-3)28(23)25/h5-20H,4H2,1-3H3. The van der Waals surface area contributed by atoms with Crippen molar-refractivity contribution in [3.63, 3.8) is 0 Å². The van der Waals surface area contributed by atoms with Gasteiger partial charge in [-0.2, -0.15) is 0 Å². The summed E-state index contributed by atoms with van der Waals surface area (Å²) >= 11 is 0. The van der Waals surface area contributed by atoms with E-state index in [0.29, 0.717) is 0 Å². The van der Waals surface area contributed by atoms with Gasteiger partial charge in [0.05, 0.1) is 0 Å². The molecular weight excluding hydrogens is 394 g/mol. The van der Waals surface area contributed by atoms with E-state index in [1.807, 2.05) is 18.2 Å². The molecular formula is C29H27NO2. The predicted molar refractivity (Wildman–Crippen MR) is 131 cm³/mol. The van der Waals surface area contributed by atoms with E-state index in [1.165, 1.54) is 16.7 Å². The van der Waals surface area contributed by atoms with Gasteiger partial charge >= 0.3 is 0 Å². The van der Waals surface area contributed by atoms with Crippen LogP contribution in [0.15, 0.2) is 97.1 Å². The average molecular weight is 422 g/mol. The summed E-state index contributed by atoms with van der Waals surface area (Å²) < 4.78 is 12.3. The van der Waals surface area contributed by atoms with E-state index in [2.05, 4.69) is 90.7 Å². The van der Waals surface area contributed by atoms with E-state index in [-0.39, 0.29) is 0 Å². The van der Waals surface area contributed by atoms with Crippen LogP contribution in [0.1, 0.15) is 23.6 Å². The van der Waals surface area contributed by atoms with Gasteiger partial charge in [-0.15, -0.1) is 0 Å². The Bertz CT molecular complexity index is 1190. The Morgan fingerprint density at radius 3 is 1.78 bits per heavy atom. The lowest BCUT2D eigenvalue weighted by Gasteiger charge is -2.33. The van der Waals surface area contributed by atoms with Crippen LogP contribution in [0.2, 0.25) is 0 Å². The maximum absolute atomic E-state index is 6.15. The number of nitrogens with zero attached hydrogens (tertiary/aromatic N) is 1. The molecule has 5 rings (SSSR count). The minimum atomic E-state index is -0.924. The van der Waals surface area contributed by atoms with Gasteiger partial charge in [0, 0.05) is 42.4 Å². The summed E-state index contributed by atoms with van der Waals surface area (Å²) in [6.07, 6.45) is 0.844. The molecule has 0 heterocycles. The summed E-state index contributed by atoms with van der Waals surface area (Å²) in [5.74, 6) is -0.924. The minimum Gasteiger partial charge on any atom is -0.346 e. The molecule has 0 unspecified atom stereocenters. The molecule has 3 heteroatoms. The second-order valence-electron chi connectivity index (χ2n) is 7.92. The maximum Gasteiger partial charge on any atom is 0.223 e. The Labute approximate surface area is 189 Å². The zero-order chi connectivity index (χ0) is 22.1. The highest BCUT2D eigenvalue weighted by atomic mass is 16.7. The molecule has 4 aromatic carbocycles. The van der Waals surface area contributed by atoms with Crippen molar-refractivity contribution >= 4 is 17.1 Å². The van der Waals surface area contributed by atoms with Crippen molar-refractivity contribution in [1.82, 2.24) is 0 Å². The quantitative estimate of drug-likeness (QED) is 0.307. The molecule has 1 aliphatic carbocycles. The number of ether oxygens (including phenoxy) is 2. The third kappa shape index (κ3) is 2.97. The van der Waals surface area contributed by atoms with Crippen LogP contribution in [0, 0.1) is 0 Å². The van der Waals surface area contributed by atoms with E-state index in [4.69, 9.17) is 9.47 Å². The molecule has 1 aliphatic rings. The van der Waals surface area contributed by atoms with Crippen LogP contribution in [-0.4, -0.2) is 14.2 Å². The summed E-state index contributed by atoms with van der Waals surface area (Å²) in [6.45, 7) is 2.20. The number of methoxy groups -OCH3 is 2. The van der Waals surface area contributed by atoms with Crippen molar-refractivity contribution in [3.8, 4) is 11.1 Å². The molecule has 0 aromatic heterocycles. The van der Waals surface area contributed by atoms with Crippen molar-refractivity contribution in [2.24, 2.45) is 0 Å². The van der Waals surface area contributed by atoms with Crippen LogP contribution in [0.5, 0.6) is 0 Å². The van der Waals surface area contributed by atoms with Gasteiger partial charge in [-0.25, -0.2) is 0 Å². The predicted octanol–water partition coefficient (Wildman–Crippen LogP) is 7.19. The topological polar surface area (TPSA) is 21.7 Å². The number of anilines is 3. The molecule has 0 bridgehead atoms. The number of para-hydroxylation sites is 2. The fourth-order valence-electron chi connectivity index (χ4n) is 5.03. The molecule has 0 aliphatic heterocycles. The van der Waals surface area contributed by atoms with E-state index >= 15 is 0 Å². The van der Waals surface area contributed by atoms with Gasteiger partial charge in [-0.1, -0.05) is 73.7 Å². The molecule has 0 N–H and O–H groups in total. The maximum atomic E-state index is 6.15. The lowest BCUT2D eigenvalue weighted by atomic mass is 9.93. The second-order valence-corrected chi connectivity index (χ2v) is 7.92. The molecule has 160 valence electrons. The summed E-state index contributed by atoms with van der Waals surface area (Å²) in [5.41, 5.74) is 9.07. The van der Waals surface area contributed by atoms with Gasteiger partial charge in [0.1, 0.15) is 0 Å². The van der Waals surface area contributed by atoms with Crippen LogP contribution in [0.3, 0.4) is 0 Å². The van der Waals surface area contributed by atoms with Crippen LogP contribution in [0.25, 0.3) is 11.1 Å². The number of fused-ring (bicyclic) bond motifs is 3. The second kappa shape index (κ2) is 8.27. The third-order valence-electron chi connectivity index (χ3n) is 6.39. The lowest BCUT2D eigenvalue weighted by molar-refractivity contribution is -0.181. The fraction of sp³-hybridized carbons (Fsp3) is 0.172. The summed E-state index contributed by atoms with van der Waals surface area (Å²) in [4.78, 5) is 2.32. The Morgan fingerprint density at radius 2 is 1.22 bits per heavy atom. The number of hydrogen-bond donors (Lipinski definition) is 0. The Hall–Kier alpha value is -3.40. The highest BCUT2D eigenvalue weighted by Gasteiger charge is 2.46. The summed E-state index contributed by atoms with van der Waals surface area (Å²) in [7, 11) is 3.46. The van der Waals surface area contributed by atoms with Gasteiger partial charge in [-0.05, 0) is 53.4 Å². The highest BCUT2D eigenvalue weighted by Crippen LogP contribution is 2.54.